The van der Waals surface area contributed by atoms with Crippen LogP contribution in [0.15, 0.2) is 109 Å². The second-order valence-electron chi connectivity index (χ2n) is 10.3. The van der Waals surface area contributed by atoms with Gasteiger partial charge in [0.15, 0.2) is 0 Å². The fourth-order valence-corrected chi connectivity index (χ4v) is 6.49. The largest absolute Gasteiger partial charge is 0.309 e. The molecule has 2 aromatic heterocycles. The number of benzene rings is 5. The Morgan fingerprint density at radius 2 is 1.09 bits per heavy atom. The van der Waals surface area contributed by atoms with Crippen molar-refractivity contribution in [3.05, 3.63) is 120 Å². The van der Waals surface area contributed by atoms with Crippen LogP contribution < -0.4 is 0 Å². The molecule has 2 heteroatoms. The Kier molecular flexibility index (Phi) is 3.50. The zero-order chi connectivity index (χ0) is 23.3. The van der Waals surface area contributed by atoms with Gasteiger partial charge >= 0.3 is 0 Å². The summed E-state index contributed by atoms with van der Waals surface area (Å²) < 4.78 is 4.89. The predicted octanol–water partition coefficient (Wildman–Crippen LogP) is 8.52. The molecule has 0 spiro atoms. The van der Waals surface area contributed by atoms with E-state index in [0.29, 0.717) is 0 Å². The zero-order valence-corrected chi connectivity index (χ0v) is 19.8. The number of nitrogens with zero attached hydrogens (tertiary/aromatic N) is 2. The normalized spacial score (nSPS) is 14.2. The number of rotatable bonds is 1. The molecule has 0 unspecified atom stereocenters. The van der Waals surface area contributed by atoms with Crippen LogP contribution in [0.3, 0.4) is 0 Å². The van der Waals surface area contributed by atoms with Gasteiger partial charge in [0.05, 0.1) is 27.8 Å². The van der Waals surface area contributed by atoms with Gasteiger partial charge in [0.1, 0.15) is 0 Å². The minimum atomic E-state index is -0.0455. The Morgan fingerprint density at radius 3 is 1.86 bits per heavy atom. The first-order chi connectivity index (χ1) is 17.1. The summed E-state index contributed by atoms with van der Waals surface area (Å²) in [6.45, 7) is 4.70. The lowest BCUT2D eigenvalue weighted by molar-refractivity contribution is 0.630. The van der Waals surface area contributed by atoms with Crippen molar-refractivity contribution in [2.24, 2.45) is 0 Å². The molecule has 1 aliphatic heterocycles. The highest BCUT2D eigenvalue weighted by Gasteiger charge is 2.34. The topological polar surface area (TPSA) is 9.86 Å². The molecule has 8 rings (SSSR count). The number of fused-ring (bicyclic) bond motifs is 8. The summed E-state index contributed by atoms with van der Waals surface area (Å²) in [6, 6.07) is 40.1. The van der Waals surface area contributed by atoms with Crippen LogP contribution in [0, 0.1) is 0 Å². The highest BCUT2D eigenvalue weighted by atomic mass is 15.0. The van der Waals surface area contributed by atoms with E-state index in [1.165, 1.54) is 66.1 Å². The minimum Gasteiger partial charge on any atom is -0.309 e. The van der Waals surface area contributed by atoms with Gasteiger partial charge in [-0.05, 0) is 47.5 Å². The van der Waals surface area contributed by atoms with Crippen LogP contribution >= 0.6 is 0 Å². The molecule has 0 amide bonds. The standard InChI is InChI=1S/C33H24N2/c1-33(2)26-13-5-8-17-31(26)35-30-19-18-21(20-25(30)24-12-9-14-27(33)32(24)35)34-28-15-6-3-10-22(28)23-11-4-7-16-29(23)34/h3-20H,1-2H3. The van der Waals surface area contributed by atoms with Crippen molar-refractivity contribution in [2.45, 2.75) is 19.3 Å². The van der Waals surface area contributed by atoms with Crippen LogP contribution in [0.5, 0.6) is 0 Å². The van der Waals surface area contributed by atoms with Crippen LogP contribution in [-0.2, 0) is 5.41 Å². The van der Waals surface area contributed by atoms with Crippen molar-refractivity contribution in [1.29, 1.82) is 0 Å². The second kappa shape index (κ2) is 6.43. The van der Waals surface area contributed by atoms with Crippen LogP contribution in [-0.4, -0.2) is 9.13 Å². The fourth-order valence-electron chi connectivity index (χ4n) is 6.49. The molecule has 0 aliphatic carbocycles. The molecule has 3 heterocycles. The van der Waals surface area contributed by atoms with Gasteiger partial charge in [0, 0.05) is 32.6 Å². The molecule has 0 radical (unpaired) electrons. The Morgan fingerprint density at radius 1 is 0.486 bits per heavy atom. The second-order valence-corrected chi connectivity index (χ2v) is 10.3. The first kappa shape index (κ1) is 19.1. The Hall–Kier alpha value is -4.30. The summed E-state index contributed by atoms with van der Waals surface area (Å²) in [6.07, 6.45) is 0. The van der Waals surface area contributed by atoms with Crippen molar-refractivity contribution in [2.75, 3.05) is 0 Å². The molecule has 166 valence electrons. The van der Waals surface area contributed by atoms with Gasteiger partial charge in [0.2, 0.25) is 0 Å². The highest BCUT2D eigenvalue weighted by molar-refractivity contribution is 6.13. The first-order valence-corrected chi connectivity index (χ1v) is 12.3. The molecule has 0 N–H and O–H groups in total. The Balaban J connectivity index is 1.52. The Bertz CT molecular complexity index is 1930. The van der Waals surface area contributed by atoms with Gasteiger partial charge in [-0.2, -0.15) is 0 Å². The van der Waals surface area contributed by atoms with E-state index >= 15 is 0 Å². The van der Waals surface area contributed by atoms with Crippen molar-refractivity contribution < 1.29 is 0 Å². The smallest absolute Gasteiger partial charge is 0.0582 e. The van der Waals surface area contributed by atoms with E-state index in [-0.39, 0.29) is 5.41 Å². The quantitative estimate of drug-likeness (QED) is 0.238. The van der Waals surface area contributed by atoms with Gasteiger partial charge in [-0.1, -0.05) is 86.6 Å². The summed E-state index contributed by atoms with van der Waals surface area (Å²) in [7, 11) is 0. The molecule has 0 saturated heterocycles. The van der Waals surface area contributed by atoms with Gasteiger partial charge in [0.25, 0.3) is 0 Å². The van der Waals surface area contributed by atoms with Crippen LogP contribution in [0.4, 0.5) is 0 Å². The lowest BCUT2D eigenvalue weighted by atomic mass is 9.75. The number of hydrogen-bond acceptors (Lipinski definition) is 0. The lowest BCUT2D eigenvalue weighted by Crippen LogP contribution is -2.26. The molecular weight excluding hydrogens is 424 g/mol. The number of aromatic nitrogens is 2. The summed E-state index contributed by atoms with van der Waals surface area (Å²) in [4.78, 5) is 0. The molecule has 35 heavy (non-hydrogen) atoms. The minimum absolute atomic E-state index is 0.0455. The molecule has 0 saturated carbocycles. The van der Waals surface area contributed by atoms with Gasteiger partial charge < -0.3 is 9.13 Å². The van der Waals surface area contributed by atoms with Crippen molar-refractivity contribution >= 4 is 43.6 Å². The number of para-hydroxylation sites is 4. The van der Waals surface area contributed by atoms with E-state index in [9.17, 15) is 0 Å². The SMILES string of the molecule is CC1(C)c2ccccc2-n2c3ccc(-n4c5ccccc5c5ccccc54)cc3c3cccc1c32. The summed E-state index contributed by atoms with van der Waals surface area (Å²) in [5.41, 5.74) is 10.3. The molecule has 7 aromatic rings. The van der Waals surface area contributed by atoms with E-state index in [1.54, 1.807) is 0 Å². The van der Waals surface area contributed by atoms with Gasteiger partial charge in [-0.3, -0.25) is 0 Å². The highest BCUT2D eigenvalue weighted by Crippen LogP contribution is 2.47. The third-order valence-electron chi connectivity index (χ3n) is 8.10. The van der Waals surface area contributed by atoms with E-state index in [1.807, 2.05) is 0 Å². The predicted molar refractivity (Wildman–Crippen MR) is 147 cm³/mol. The van der Waals surface area contributed by atoms with Crippen molar-refractivity contribution in [3.8, 4) is 11.4 Å². The van der Waals surface area contributed by atoms with Crippen molar-refractivity contribution in [3.63, 3.8) is 0 Å². The van der Waals surface area contributed by atoms with Gasteiger partial charge in [-0.15, -0.1) is 0 Å². The molecule has 5 aromatic carbocycles. The molecule has 0 atom stereocenters. The first-order valence-electron chi connectivity index (χ1n) is 12.3. The average molecular weight is 449 g/mol. The summed E-state index contributed by atoms with van der Waals surface area (Å²) in [5, 5.41) is 5.21. The molecule has 0 fully saturated rings. The third-order valence-corrected chi connectivity index (χ3v) is 8.10. The number of hydrogen-bond donors (Lipinski definition) is 0. The Labute approximate surface area is 203 Å². The lowest BCUT2D eigenvalue weighted by Gasteiger charge is -2.34. The van der Waals surface area contributed by atoms with Gasteiger partial charge in [-0.25, -0.2) is 0 Å². The maximum Gasteiger partial charge on any atom is 0.0582 e. The summed E-state index contributed by atoms with van der Waals surface area (Å²) >= 11 is 0. The fraction of sp³-hybridized carbons (Fsp3) is 0.0909. The van der Waals surface area contributed by atoms with E-state index in [0.717, 1.165) is 0 Å². The van der Waals surface area contributed by atoms with Crippen LogP contribution in [0.2, 0.25) is 0 Å². The van der Waals surface area contributed by atoms with E-state index in [2.05, 4.69) is 132 Å². The maximum atomic E-state index is 2.48. The molecule has 0 bridgehead atoms. The molecule has 1 aliphatic rings. The molecular formula is C33H24N2. The monoisotopic (exact) mass is 448 g/mol. The zero-order valence-electron chi connectivity index (χ0n) is 19.8. The average Bonchev–Trinajstić information content (AvgIpc) is 3.41. The van der Waals surface area contributed by atoms with E-state index < -0.39 is 0 Å². The molecule has 2 nitrogen and oxygen atoms in total. The van der Waals surface area contributed by atoms with Crippen molar-refractivity contribution in [1.82, 2.24) is 9.13 Å². The van der Waals surface area contributed by atoms with E-state index in [4.69, 9.17) is 0 Å². The third kappa shape index (κ3) is 2.29. The van der Waals surface area contributed by atoms with Crippen LogP contribution in [0.25, 0.3) is 55.0 Å². The van der Waals surface area contributed by atoms with Crippen LogP contribution in [0.1, 0.15) is 25.0 Å². The maximum absolute atomic E-state index is 2.48. The summed E-state index contributed by atoms with van der Waals surface area (Å²) in [5.74, 6) is 0.